The van der Waals surface area contributed by atoms with Gasteiger partial charge in [-0.2, -0.15) is 10.1 Å². The van der Waals surface area contributed by atoms with E-state index in [-0.39, 0.29) is 24.7 Å². The molecule has 0 spiro atoms. The average molecular weight is 443 g/mol. The van der Waals surface area contributed by atoms with Crippen LogP contribution < -0.4 is 5.32 Å². The first-order chi connectivity index (χ1) is 13.8. The Bertz CT molecular complexity index is 638. The SMILES string of the molecule is CC(C)(CO)N(C(=O)NC1CC(C)(C)N(O)C(C)(C)C1)C1CC(C)(C)N(O)C(C)(C)C1. The molecule has 2 saturated heterocycles. The summed E-state index contributed by atoms with van der Waals surface area (Å²) in [6.45, 7) is 19.4. The Morgan fingerprint density at radius 3 is 1.58 bits per heavy atom. The van der Waals surface area contributed by atoms with Crippen molar-refractivity contribution in [2.45, 2.75) is 135 Å². The molecule has 2 aliphatic rings. The van der Waals surface area contributed by atoms with Gasteiger partial charge in [-0.25, -0.2) is 4.79 Å². The van der Waals surface area contributed by atoms with Crippen LogP contribution in [-0.4, -0.2) is 83.0 Å². The van der Waals surface area contributed by atoms with E-state index in [2.05, 4.69) is 5.32 Å². The monoisotopic (exact) mass is 442 g/mol. The van der Waals surface area contributed by atoms with E-state index in [1.165, 1.54) is 10.1 Å². The average Bonchev–Trinajstić information content (AvgIpc) is 2.56. The smallest absolute Gasteiger partial charge is 0.318 e. The third kappa shape index (κ3) is 5.19. The zero-order valence-corrected chi connectivity index (χ0v) is 21.3. The third-order valence-corrected chi connectivity index (χ3v) is 7.21. The molecule has 0 aromatic rings. The topological polar surface area (TPSA) is 99.5 Å². The van der Waals surface area contributed by atoms with E-state index in [0.29, 0.717) is 25.7 Å². The Kier molecular flexibility index (Phi) is 6.91. The van der Waals surface area contributed by atoms with Gasteiger partial charge in [0.05, 0.1) is 12.1 Å². The van der Waals surface area contributed by atoms with Crippen molar-refractivity contribution in [2.75, 3.05) is 6.61 Å². The minimum Gasteiger partial charge on any atom is -0.394 e. The summed E-state index contributed by atoms with van der Waals surface area (Å²) in [6, 6.07) is -0.448. The number of urea groups is 1. The molecular weight excluding hydrogens is 396 g/mol. The second kappa shape index (κ2) is 8.13. The highest BCUT2D eigenvalue weighted by molar-refractivity contribution is 5.76. The van der Waals surface area contributed by atoms with Gasteiger partial charge in [0.25, 0.3) is 0 Å². The molecule has 4 N–H and O–H groups in total. The predicted molar refractivity (Wildman–Crippen MR) is 121 cm³/mol. The van der Waals surface area contributed by atoms with E-state index < -0.39 is 27.7 Å². The van der Waals surface area contributed by atoms with Gasteiger partial charge in [0.15, 0.2) is 0 Å². The molecule has 2 rings (SSSR count). The van der Waals surface area contributed by atoms with Gasteiger partial charge >= 0.3 is 6.03 Å². The Morgan fingerprint density at radius 1 is 0.871 bits per heavy atom. The van der Waals surface area contributed by atoms with Crippen LogP contribution in [0.2, 0.25) is 0 Å². The van der Waals surface area contributed by atoms with E-state index >= 15 is 0 Å². The molecule has 0 saturated carbocycles. The molecule has 0 aliphatic carbocycles. The molecular formula is C23H46N4O4. The quantitative estimate of drug-likeness (QED) is 0.531. The summed E-state index contributed by atoms with van der Waals surface area (Å²) in [5, 5.41) is 37.5. The number of amides is 2. The lowest BCUT2D eigenvalue weighted by Gasteiger charge is -2.56. The molecule has 0 bridgehead atoms. The summed E-state index contributed by atoms with van der Waals surface area (Å²) < 4.78 is 0. The van der Waals surface area contributed by atoms with Gasteiger partial charge in [0.1, 0.15) is 0 Å². The first-order valence-corrected chi connectivity index (χ1v) is 11.5. The van der Waals surface area contributed by atoms with Crippen molar-refractivity contribution >= 4 is 6.03 Å². The van der Waals surface area contributed by atoms with Gasteiger partial charge in [0.2, 0.25) is 0 Å². The number of hydrogen-bond acceptors (Lipinski definition) is 6. The second-order valence-corrected chi connectivity index (χ2v) is 12.8. The lowest BCUT2D eigenvalue weighted by atomic mass is 9.77. The standard InChI is InChI=1S/C23H46N4O4/c1-19(2)11-16(12-20(3,4)26(19)30)24-18(29)25(23(9,10)15-28)17-13-21(5,6)27(31)22(7,8)14-17/h16-17,28,30-31H,11-15H2,1-10H3,(H,24,29). The van der Waals surface area contributed by atoms with E-state index in [4.69, 9.17) is 0 Å². The fraction of sp³-hybridized carbons (Fsp3) is 0.957. The highest BCUT2D eigenvalue weighted by atomic mass is 16.5. The summed E-state index contributed by atoms with van der Waals surface area (Å²) >= 11 is 0. The number of carbonyl (C=O) groups is 1. The zero-order valence-electron chi connectivity index (χ0n) is 21.3. The Balaban J connectivity index is 2.32. The van der Waals surface area contributed by atoms with Gasteiger partial charge in [0, 0.05) is 34.2 Å². The van der Waals surface area contributed by atoms with Gasteiger partial charge in [-0.1, -0.05) is 0 Å². The Labute approximate surface area is 188 Å². The van der Waals surface area contributed by atoms with Crippen LogP contribution in [0.15, 0.2) is 0 Å². The van der Waals surface area contributed by atoms with Crippen molar-refractivity contribution in [3.8, 4) is 0 Å². The molecule has 182 valence electrons. The van der Waals surface area contributed by atoms with E-state index in [1.807, 2.05) is 69.2 Å². The number of nitrogens with zero attached hydrogens (tertiary/aromatic N) is 3. The maximum atomic E-state index is 13.7. The number of aliphatic hydroxyl groups is 1. The maximum absolute atomic E-state index is 13.7. The minimum atomic E-state index is -0.763. The molecule has 0 unspecified atom stereocenters. The minimum absolute atomic E-state index is 0.100. The van der Waals surface area contributed by atoms with Crippen LogP contribution in [0.4, 0.5) is 4.79 Å². The molecule has 0 aromatic heterocycles. The van der Waals surface area contributed by atoms with Crippen LogP contribution in [-0.2, 0) is 0 Å². The molecule has 2 fully saturated rings. The van der Waals surface area contributed by atoms with Gasteiger partial charge in [-0.05, 0) is 94.9 Å². The second-order valence-electron chi connectivity index (χ2n) is 12.8. The van der Waals surface area contributed by atoms with Crippen molar-refractivity contribution in [1.82, 2.24) is 20.3 Å². The number of nitrogens with one attached hydrogen (secondary N) is 1. The number of piperidine rings is 2. The molecule has 0 aromatic carbocycles. The fourth-order valence-corrected chi connectivity index (χ4v) is 6.03. The molecule has 0 radical (unpaired) electrons. The number of aliphatic hydroxyl groups excluding tert-OH is 1. The summed E-state index contributed by atoms with van der Waals surface area (Å²) in [4.78, 5) is 15.5. The van der Waals surface area contributed by atoms with Crippen LogP contribution in [0.25, 0.3) is 0 Å². The summed E-state index contributed by atoms with van der Waals surface area (Å²) in [5.41, 5.74) is -2.72. The van der Waals surface area contributed by atoms with E-state index in [1.54, 1.807) is 4.90 Å². The van der Waals surface area contributed by atoms with Crippen LogP contribution in [0, 0.1) is 0 Å². The van der Waals surface area contributed by atoms with Crippen LogP contribution >= 0.6 is 0 Å². The maximum Gasteiger partial charge on any atom is 0.318 e. The van der Waals surface area contributed by atoms with Gasteiger partial charge in [-0.3, -0.25) is 0 Å². The van der Waals surface area contributed by atoms with Crippen molar-refractivity contribution in [3.63, 3.8) is 0 Å². The lowest BCUT2D eigenvalue weighted by Crippen LogP contribution is -2.69. The van der Waals surface area contributed by atoms with Crippen molar-refractivity contribution in [2.24, 2.45) is 0 Å². The molecule has 2 heterocycles. The molecule has 2 amide bonds. The molecule has 0 atom stereocenters. The van der Waals surface area contributed by atoms with Crippen LogP contribution in [0.3, 0.4) is 0 Å². The lowest BCUT2D eigenvalue weighted by molar-refractivity contribution is -0.253. The van der Waals surface area contributed by atoms with Crippen molar-refractivity contribution in [1.29, 1.82) is 0 Å². The summed E-state index contributed by atoms with van der Waals surface area (Å²) in [7, 11) is 0. The van der Waals surface area contributed by atoms with Crippen molar-refractivity contribution in [3.05, 3.63) is 0 Å². The highest BCUT2D eigenvalue weighted by Gasteiger charge is 2.51. The molecule has 2 aliphatic heterocycles. The van der Waals surface area contributed by atoms with E-state index in [0.717, 1.165) is 0 Å². The highest BCUT2D eigenvalue weighted by Crippen LogP contribution is 2.41. The number of hydrogen-bond donors (Lipinski definition) is 4. The number of carbonyl (C=O) groups excluding carboxylic acids is 1. The van der Waals surface area contributed by atoms with Crippen LogP contribution in [0.5, 0.6) is 0 Å². The fourth-order valence-electron chi connectivity index (χ4n) is 6.03. The predicted octanol–water partition coefficient (Wildman–Crippen LogP) is 3.59. The van der Waals surface area contributed by atoms with Crippen LogP contribution in [0.1, 0.15) is 94.9 Å². The zero-order chi connectivity index (χ0) is 24.2. The largest absolute Gasteiger partial charge is 0.394 e. The number of rotatable bonds is 4. The van der Waals surface area contributed by atoms with Crippen molar-refractivity contribution < 1.29 is 20.3 Å². The Morgan fingerprint density at radius 2 is 1.23 bits per heavy atom. The molecule has 8 nitrogen and oxygen atoms in total. The van der Waals surface area contributed by atoms with E-state index in [9.17, 15) is 20.3 Å². The van der Waals surface area contributed by atoms with Gasteiger partial charge < -0.3 is 25.7 Å². The normalized spacial score (nSPS) is 27.1. The first-order valence-electron chi connectivity index (χ1n) is 11.5. The summed E-state index contributed by atoms with van der Waals surface area (Å²) in [5.74, 6) is 0. The molecule has 31 heavy (non-hydrogen) atoms. The van der Waals surface area contributed by atoms with Gasteiger partial charge in [-0.15, -0.1) is 0 Å². The molecule has 8 heteroatoms. The summed E-state index contributed by atoms with van der Waals surface area (Å²) in [6.07, 6.45) is 2.43. The third-order valence-electron chi connectivity index (χ3n) is 7.21. The Hall–Kier alpha value is -0.930. The number of hydroxylamine groups is 4. The first kappa shape index (κ1) is 26.3.